The Kier molecular flexibility index (Phi) is 7.86. The number of nitro groups is 1. The van der Waals surface area contributed by atoms with Gasteiger partial charge >= 0.3 is 5.97 Å². The summed E-state index contributed by atoms with van der Waals surface area (Å²) < 4.78 is 15.2. The Balaban J connectivity index is 1.77. The van der Waals surface area contributed by atoms with Crippen LogP contribution in [0.5, 0.6) is 11.5 Å². The predicted molar refractivity (Wildman–Crippen MR) is 105 cm³/mol. The summed E-state index contributed by atoms with van der Waals surface area (Å²) in [5, 5.41) is 13.1. The Morgan fingerprint density at radius 3 is 2.20 bits per heavy atom. The number of ether oxygens (including phenoxy) is 3. The number of amides is 1. The Hall–Kier alpha value is -3.95. The van der Waals surface area contributed by atoms with Crippen molar-refractivity contribution in [3.8, 4) is 11.5 Å². The summed E-state index contributed by atoms with van der Waals surface area (Å²) in [6.07, 6.45) is -0.141. The van der Waals surface area contributed by atoms with E-state index in [2.05, 4.69) is 5.32 Å². The first-order valence-corrected chi connectivity index (χ1v) is 8.79. The van der Waals surface area contributed by atoms with Crippen molar-refractivity contribution in [2.75, 3.05) is 27.4 Å². The fourth-order valence-corrected chi connectivity index (χ4v) is 2.43. The summed E-state index contributed by atoms with van der Waals surface area (Å²) in [5.41, 5.74) is 0.388. The van der Waals surface area contributed by atoms with Crippen LogP contribution in [0, 0.1) is 10.1 Å². The molecule has 2 aromatic rings. The van der Waals surface area contributed by atoms with E-state index in [1.165, 1.54) is 50.6 Å². The molecule has 0 fully saturated rings. The van der Waals surface area contributed by atoms with Crippen LogP contribution in [-0.2, 0) is 9.53 Å². The van der Waals surface area contributed by atoms with E-state index in [4.69, 9.17) is 14.2 Å². The average molecular weight is 416 g/mol. The van der Waals surface area contributed by atoms with Gasteiger partial charge in [0, 0.05) is 29.8 Å². The average Bonchev–Trinajstić information content (AvgIpc) is 2.76. The van der Waals surface area contributed by atoms with Gasteiger partial charge in [-0.25, -0.2) is 0 Å². The van der Waals surface area contributed by atoms with E-state index in [0.717, 1.165) is 0 Å². The molecule has 2 aromatic carbocycles. The maximum Gasteiger partial charge on any atom is 0.308 e. The number of nitrogens with zero attached hydrogens (tertiary/aromatic N) is 1. The molecule has 10 nitrogen and oxygen atoms in total. The molecule has 0 aliphatic carbocycles. The van der Waals surface area contributed by atoms with Crippen LogP contribution in [0.4, 0.5) is 5.69 Å². The van der Waals surface area contributed by atoms with Gasteiger partial charge in [-0.05, 0) is 30.3 Å². The van der Waals surface area contributed by atoms with Crippen LogP contribution in [0.1, 0.15) is 27.1 Å². The third-order valence-electron chi connectivity index (χ3n) is 4.02. The molecule has 0 heterocycles. The molecule has 0 saturated heterocycles. The molecule has 0 bridgehead atoms. The minimum absolute atomic E-state index is 0.0147. The van der Waals surface area contributed by atoms with E-state index in [1.54, 1.807) is 6.07 Å². The lowest BCUT2D eigenvalue weighted by atomic mass is 10.1. The Morgan fingerprint density at radius 1 is 0.967 bits per heavy atom. The van der Waals surface area contributed by atoms with Gasteiger partial charge in [0.1, 0.15) is 0 Å². The van der Waals surface area contributed by atoms with Gasteiger partial charge in [-0.1, -0.05) is 0 Å². The minimum atomic E-state index is -0.659. The highest BCUT2D eigenvalue weighted by Gasteiger charge is 2.14. The fraction of sp³-hybridized carbons (Fsp3) is 0.250. The second kappa shape index (κ2) is 10.6. The number of carbonyl (C=O) groups excluding carboxylic acids is 3. The van der Waals surface area contributed by atoms with Crippen molar-refractivity contribution in [3.05, 3.63) is 63.7 Å². The largest absolute Gasteiger partial charge is 0.493 e. The van der Waals surface area contributed by atoms with Gasteiger partial charge in [-0.3, -0.25) is 24.5 Å². The van der Waals surface area contributed by atoms with Gasteiger partial charge in [0.25, 0.3) is 11.6 Å². The van der Waals surface area contributed by atoms with Crippen LogP contribution in [0.3, 0.4) is 0 Å². The highest BCUT2D eigenvalue weighted by molar-refractivity contribution is 5.98. The standard InChI is InChI=1S/C20H20N2O8/c1-28-17-8-5-14(11-18(17)29-2)16(23)12-30-19(24)9-10-21-20(25)13-3-6-15(7-4-13)22(26)27/h3-8,11H,9-10,12H2,1-2H3,(H,21,25). The van der Waals surface area contributed by atoms with Crippen LogP contribution in [0.15, 0.2) is 42.5 Å². The van der Waals surface area contributed by atoms with Gasteiger partial charge in [0.05, 0.1) is 25.6 Å². The molecule has 2 rings (SSSR count). The first-order valence-electron chi connectivity index (χ1n) is 8.79. The highest BCUT2D eigenvalue weighted by Crippen LogP contribution is 2.27. The SMILES string of the molecule is COc1ccc(C(=O)COC(=O)CCNC(=O)c2ccc([N+](=O)[O-])cc2)cc1OC. The van der Waals surface area contributed by atoms with Gasteiger partial charge in [-0.15, -0.1) is 0 Å². The summed E-state index contributed by atoms with van der Waals surface area (Å²) in [7, 11) is 2.92. The first kappa shape index (κ1) is 22.3. The maximum absolute atomic E-state index is 12.2. The van der Waals surface area contributed by atoms with Crippen LogP contribution in [0.2, 0.25) is 0 Å². The number of hydrogen-bond donors (Lipinski definition) is 1. The Bertz CT molecular complexity index is 940. The van der Waals surface area contributed by atoms with Crippen LogP contribution in [-0.4, -0.2) is 50.0 Å². The third-order valence-corrected chi connectivity index (χ3v) is 4.02. The summed E-state index contributed by atoms with van der Waals surface area (Å²) >= 11 is 0. The molecule has 0 aliphatic rings. The zero-order chi connectivity index (χ0) is 22.1. The molecule has 0 atom stereocenters. The topological polar surface area (TPSA) is 134 Å². The fourth-order valence-electron chi connectivity index (χ4n) is 2.43. The number of rotatable bonds is 10. The maximum atomic E-state index is 12.2. The van der Waals surface area contributed by atoms with Crippen LogP contribution >= 0.6 is 0 Å². The smallest absolute Gasteiger partial charge is 0.308 e. The van der Waals surface area contributed by atoms with Crippen LogP contribution in [0.25, 0.3) is 0 Å². The number of esters is 1. The van der Waals surface area contributed by atoms with Gasteiger partial charge in [0.2, 0.25) is 0 Å². The third kappa shape index (κ3) is 6.03. The molecule has 0 aliphatic heterocycles. The molecular weight excluding hydrogens is 396 g/mol. The van der Waals surface area contributed by atoms with E-state index < -0.39 is 29.2 Å². The van der Waals surface area contributed by atoms with Gasteiger partial charge < -0.3 is 19.5 Å². The number of nitrogens with one attached hydrogen (secondary N) is 1. The van der Waals surface area contributed by atoms with E-state index in [9.17, 15) is 24.5 Å². The number of non-ortho nitro benzene ring substituents is 1. The molecule has 0 radical (unpaired) electrons. The second-order valence-electron chi connectivity index (χ2n) is 5.96. The zero-order valence-corrected chi connectivity index (χ0v) is 16.4. The van der Waals surface area contributed by atoms with Gasteiger partial charge in [-0.2, -0.15) is 0 Å². The summed E-state index contributed by atoms with van der Waals surface area (Å²) in [6.45, 7) is -0.468. The van der Waals surface area contributed by atoms with Crippen molar-refractivity contribution < 1.29 is 33.5 Å². The van der Waals surface area contributed by atoms with Crippen molar-refractivity contribution in [1.82, 2.24) is 5.32 Å². The van der Waals surface area contributed by atoms with Crippen molar-refractivity contribution >= 4 is 23.3 Å². The number of Topliss-reactive ketones (excluding diaryl/α,β-unsaturated/α-hetero) is 1. The molecule has 0 spiro atoms. The normalized spacial score (nSPS) is 10.1. The second-order valence-corrected chi connectivity index (χ2v) is 5.96. The van der Waals surface area contributed by atoms with Crippen molar-refractivity contribution in [2.45, 2.75) is 6.42 Å². The quantitative estimate of drug-likeness (QED) is 0.269. The molecule has 1 N–H and O–H groups in total. The van der Waals surface area contributed by atoms with Crippen molar-refractivity contribution in [1.29, 1.82) is 0 Å². The number of carbonyl (C=O) groups is 3. The summed E-state index contributed by atoms with van der Waals surface area (Å²) in [6, 6.07) is 9.63. The molecule has 158 valence electrons. The predicted octanol–water partition coefficient (Wildman–Crippen LogP) is 2.16. The lowest BCUT2D eigenvalue weighted by Crippen LogP contribution is -2.27. The van der Waals surface area contributed by atoms with Crippen molar-refractivity contribution in [3.63, 3.8) is 0 Å². The Morgan fingerprint density at radius 2 is 1.60 bits per heavy atom. The molecule has 0 aromatic heterocycles. The minimum Gasteiger partial charge on any atom is -0.493 e. The van der Waals surface area contributed by atoms with E-state index in [-0.39, 0.29) is 24.2 Å². The van der Waals surface area contributed by atoms with Crippen LogP contribution < -0.4 is 14.8 Å². The monoisotopic (exact) mass is 416 g/mol. The highest BCUT2D eigenvalue weighted by atomic mass is 16.6. The number of nitro benzene ring substituents is 1. The van der Waals surface area contributed by atoms with E-state index in [1.807, 2.05) is 0 Å². The number of ketones is 1. The molecule has 0 saturated carbocycles. The lowest BCUT2D eigenvalue weighted by Gasteiger charge is -2.09. The lowest BCUT2D eigenvalue weighted by molar-refractivity contribution is -0.384. The van der Waals surface area contributed by atoms with E-state index in [0.29, 0.717) is 17.1 Å². The zero-order valence-electron chi connectivity index (χ0n) is 16.4. The number of methoxy groups -OCH3 is 2. The molecular formula is C20H20N2O8. The van der Waals surface area contributed by atoms with Crippen molar-refractivity contribution in [2.24, 2.45) is 0 Å². The van der Waals surface area contributed by atoms with E-state index >= 15 is 0 Å². The number of hydrogen-bond acceptors (Lipinski definition) is 8. The molecule has 1 amide bonds. The molecule has 30 heavy (non-hydrogen) atoms. The summed E-state index contributed by atoms with van der Waals surface area (Å²) in [4.78, 5) is 46.0. The number of benzene rings is 2. The molecule has 0 unspecified atom stereocenters. The Labute approximate surface area is 171 Å². The van der Waals surface area contributed by atoms with Gasteiger partial charge in [0.15, 0.2) is 23.9 Å². The first-order chi connectivity index (χ1) is 14.3. The summed E-state index contributed by atoms with van der Waals surface area (Å²) in [5.74, 6) is -0.718. The molecule has 10 heteroatoms.